The Morgan fingerprint density at radius 1 is 0.941 bits per heavy atom. The van der Waals surface area contributed by atoms with Gasteiger partial charge in [0.05, 0.1) is 0 Å². The molecule has 17 heavy (non-hydrogen) atoms. The summed E-state index contributed by atoms with van der Waals surface area (Å²) in [4.78, 5) is 2.49. The molecule has 1 heterocycles. The van der Waals surface area contributed by atoms with E-state index < -0.39 is 0 Å². The third-order valence-electron chi connectivity index (χ3n) is 4.03. The van der Waals surface area contributed by atoms with Gasteiger partial charge in [0.15, 0.2) is 0 Å². The van der Waals surface area contributed by atoms with Gasteiger partial charge in [-0.15, -0.1) is 0 Å². The van der Waals surface area contributed by atoms with Crippen LogP contribution < -0.4 is 0 Å². The van der Waals surface area contributed by atoms with Crippen molar-refractivity contribution in [1.29, 1.82) is 0 Å². The zero-order valence-corrected chi connectivity index (χ0v) is 13.2. The number of likely N-dealkylation sites (tertiary alicyclic amines) is 1. The first-order valence-electron chi connectivity index (χ1n) is 7.45. The number of nitrogens with zero attached hydrogens (tertiary/aromatic N) is 1. The summed E-state index contributed by atoms with van der Waals surface area (Å²) in [7, 11) is 2.26. The maximum atomic E-state index is 2.49. The topological polar surface area (TPSA) is 3.24 Å². The molecule has 1 aliphatic carbocycles. The van der Waals surface area contributed by atoms with Gasteiger partial charge in [-0.05, 0) is 58.5 Å². The lowest BCUT2D eigenvalue weighted by Crippen LogP contribution is -2.28. The van der Waals surface area contributed by atoms with Crippen molar-refractivity contribution < 1.29 is 0 Å². The first-order chi connectivity index (χ1) is 8.11. The van der Waals surface area contributed by atoms with E-state index in [1.54, 1.807) is 11.1 Å². The molecule has 1 atom stereocenters. The lowest BCUT2D eigenvalue weighted by Gasteiger charge is -2.34. The highest BCUT2D eigenvalue weighted by Crippen LogP contribution is 2.45. The molecule has 0 radical (unpaired) electrons. The molecule has 0 aromatic rings. The minimum atomic E-state index is 0.665. The Morgan fingerprint density at radius 2 is 1.53 bits per heavy atom. The molecule has 0 bridgehead atoms. The number of hydrogen-bond donors (Lipinski definition) is 0. The van der Waals surface area contributed by atoms with E-state index in [0.717, 1.165) is 0 Å². The maximum Gasteiger partial charge on any atom is 0.00386 e. The monoisotopic (exact) mass is 239 g/mol. The van der Waals surface area contributed by atoms with Gasteiger partial charge in [0.25, 0.3) is 0 Å². The van der Waals surface area contributed by atoms with Crippen LogP contribution in [0.3, 0.4) is 0 Å². The Balaban J connectivity index is 0.000000581. The van der Waals surface area contributed by atoms with Crippen molar-refractivity contribution in [2.45, 2.75) is 67.2 Å². The van der Waals surface area contributed by atoms with Crippen LogP contribution in [0.1, 0.15) is 67.2 Å². The Bertz CT molecular complexity index is 242. The van der Waals surface area contributed by atoms with Crippen molar-refractivity contribution in [2.75, 3.05) is 20.1 Å². The molecule has 1 saturated heterocycles. The molecule has 1 heteroatoms. The minimum Gasteiger partial charge on any atom is -0.306 e. The fraction of sp³-hybridized carbons (Fsp3) is 0.875. The van der Waals surface area contributed by atoms with Crippen LogP contribution in [-0.4, -0.2) is 25.0 Å². The van der Waals surface area contributed by atoms with Crippen LogP contribution in [0.4, 0.5) is 0 Å². The fourth-order valence-electron chi connectivity index (χ4n) is 2.97. The standard InChI is InChI=1S/C12H21N.2C2H6/c1-10-4-5-12(8-11(10)2)6-7-13(3)9-12;2*1-2/h4-9H2,1-3H3;2*1-2H3. The van der Waals surface area contributed by atoms with Crippen molar-refractivity contribution in [3.05, 3.63) is 11.1 Å². The lowest BCUT2D eigenvalue weighted by molar-refractivity contribution is 0.246. The van der Waals surface area contributed by atoms with E-state index in [-0.39, 0.29) is 0 Å². The summed E-state index contributed by atoms with van der Waals surface area (Å²) in [6.45, 7) is 15.3. The molecule has 1 fully saturated rings. The maximum absolute atomic E-state index is 2.49. The van der Waals surface area contributed by atoms with Gasteiger partial charge in [-0.25, -0.2) is 0 Å². The van der Waals surface area contributed by atoms with Crippen molar-refractivity contribution >= 4 is 0 Å². The Kier molecular flexibility index (Phi) is 7.78. The van der Waals surface area contributed by atoms with E-state index in [1.807, 2.05) is 27.7 Å². The van der Waals surface area contributed by atoms with Crippen molar-refractivity contribution in [3.8, 4) is 0 Å². The Morgan fingerprint density at radius 3 is 1.94 bits per heavy atom. The number of allylic oxidation sites excluding steroid dienone is 2. The zero-order valence-electron chi connectivity index (χ0n) is 13.2. The average molecular weight is 239 g/mol. The van der Waals surface area contributed by atoms with Gasteiger partial charge in [-0.1, -0.05) is 38.8 Å². The van der Waals surface area contributed by atoms with Crippen LogP contribution in [0.25, 0.3) is 0 Å². The van der Waals surface area contributed by atoms with E-state index in [4.69, 9.17) is 0 Å². The van der Waals surface area contributed by atoms with Crippen molar-refractivity contribution in [1.82, 2.24) is 4.90 Å². The quantitative estimate of drug-likeness (QED) is 0.545. The number of rotatable bonds is 0. The highest BCUT2D eigenvalue weighted by Gasteiger charge is 2.38. The predicted octanol–water partition coefficient (Wildman–Crippen LogP) is 4.88. The van der Waals surface area contributed by atoms with E-state index in [0.29, 0.717) is 5.41 Å². The van der Waals surface area contributed by atoms with Gasteiger partial charge in [0.2, 0.25) is 0 Å². The van der Waals surface area contributed by atoms with Crippen molar-refractivity contribution in [3.63, 3.8) is 0 Å². The Hall–Kier alpha value is -0.300. The molecule has 1 unspecified atom stereocenters. The van der Waals surface area contributed by atoms with Gasteiger partial charge in [0, 0.05) is 6.54 Å². The van der Waals surface area contributed by atoms with Gasteiger partial charge in [-0.2, -0.15) is 0 Å². The van der Waals surface area contributed by atoms with E-state index in [2.05, 4.69) is 25.8 Å². The summed E-state index contributed by atoms with van der Waals surface area (Å²) in [5, 5.41) is 0. The predicted molar refractivity (Wildman–Crippen MR) is 79.5 cm³/mol. The molecule has 1 nitrogen and oxygen atoms in total. The first kappa shape index (κ1) is 16.7. The summed E-state index contributed by atoms with van der Waals surface area (Å²) >= 11 is 0. The molecule has 1 spiro atoms. The Labute approximate surface area is 109 Å². The van der Waals surface area contributed by atoms with Crippen LogP contribution in [0.5, 0.6) is 0 Å². The second kappa shape index (κ2) is 7.92. The lowest BCUT2D eigenvalue weighted by atomic mass is 9.71. The van der Waals surface area contributed by atoms with Crippen LogP contribution in [0.15, 0.2) is 11.1 Å². The van der Waals surface area contributed by atoms with Crippen LogP contribution in [-0.2, 0) is 0 Å². The average Bonchev–Trinajstić information content (AvgIpc) is 2.71. The third-order valence-corrected chi connectivity index (χ3v) is 4.03. The summed E-state index contributed by atoms with van der Waals surface area (Å²) < 4.78 is 0. The normalized spacial score (nSPS) is 28.4. The number of hydrogen-bond acceptors (Lipinski definition) is 1. The summed E-state index contributed by atoms with van der Waals surface area (Å²) in [6, 6.07) is 0. The third kappa shape index (κ3) is 4.46. The molecule has 1 aliphatic heterocycles. The minimum absolute atomic E-state index is 0.665. The van der Waals surface area contributed by atoms with Gasteiger partial charge in [-0.3, -0.25) is 0 Å². The van der Waals surface area contributed by atoms with Crippen LogP contribution >= 0.6 is 0 Å². The second-order valence-electron chi connectivity index (χ2n) is 5.23. The molecule has 0 amide bonds. The fourth-order valence-corrected chi connectivity index (χ4v) is 2.97. The van der Waals surface area contributed by atoms with Gasteiger partial charge in [0.1, 0.15) is 0 Å². The molecular weight excluding hydrogens is 206 g/mol. The first-order valence-corrected chi connectivity index (χ1v) is 7.45. The molecule has 0 aromatic heterocycles. The molecule has 0 N–H and O–H groups in total. The highest BCUT2D eigenvalue weighted by molar-refractivity contribution is 5.17. The van der Waals surface area contributed by atoms with E-state index in [9.17, 15) is 0 Å². The molecule has 0 saturated carbocycles. The smallest absolute Gasteiger partial charge is 0.00386 e. The zero-order chi connectivity index (χ0) is 13.5. The SMILES string of the molecule is CC.CC.CC1=C(C)CC2(CC1)CCN(C)C2. The summed E-state index contributed by atoms with van der Waals surface area (Å²) in [5.41, 5.74) is 3.99. The molecule has 2 rings (SSSR count). The highest BCUT2D eigenvalue weighted by atomic mass is 15.1. The van der Waals surface area contributed by atoms with Gasteiger partial charge < -0.3 is 4.90 Å². The molecular formula is C16H33N. The molecule has 0 aromatic carbocycles. The molecule has 2 aliphatic rings. The molecule has 102 valence electrons. The van der Waals surface area contributed by atoms with Crippen molar-refractivity contribution in [2.24, 2.45) is 5.41 Å². The van der Waals surface area contributed by atoms with Gasteiger partial charge >= 0.3 is 0 Å². The second-order valence-corrected chi connectivity index (χ2v) is 5.23. The van der Waals surface area contributed by atoms with Crippen LogP contribution in [0.2, 0.25) is 0 Å². The van der Waals surface area contributed by atoms with Crippen LogP contribution in [0, 0.1) is 5.41 Å². The van der Waals surface area contributed by atoms with E-state index >= 15 is 0 Å². The summed E-state index contributed by atoms with van der Waals surface area (Å²) in [5.74, 6) is 0. The summed E-state index contributed by atoms with van der Waals surface area (Å²) in [6.07, 6.45) is 5.57. The largest absolute Gasteiger partial charge is 0.306 e. The van der Waals surface area contributed by atoms with E-state index in [1.165, 1.54) is 38.8 Å².